The number of carbonyl (C=O) groups is 3. The molecule has 22 heteroatoms. The standard InChI is InChI=1S/2C17H16F2N4O.C10H9NO2.C7H9F2N3.CH4/c1-9-7-11-10(3-2-4-13(11)21-9)16(24)23-14-5-6-17(18,19)8-12(14)15(20)22-23;1-9-7-11-10(3-2-4-13(11)21-9)16(24)23-15(20)12-8-17(18,19)6-5-14(12)22-23;1-6-5-8-7(10(12)13)3-2-4-9(8)11-6;8-7(9)2-1-5-4(3-7)6(10)12-11-5;/h2-4,7,21H,5-6,8H2,1H3,(H2,20,22);2-4,7,21H,5-6,8,20H2,1H3;2-5,11H,1H3,(H,12,13);1-3H2,(H3,10,11,12);1H4. The Bertz CT molecular complexity index is 3610. The van der Waals surface area contributed by atoms with Gasteiger partial charge in [0.05, 0.1) is 28.1 Å². The summed E-state index contributed by atoms with van der Waals surface area (Å²) in [5.41, 5.74) is 26.6. The molecule has 0 unspecified atom stereocenters. The minimum Gasteiger partial charge on any atom is -0.478 e. The summed E-state index contributed by atoms with van der Waals surface area (Å²) in [5.74, 6) is -9.60. The van der Waals surface area contributed by atoms with E-state index < -0.39 is 42.5 Å². The van der Waals surface area contributed by atoms with Crippen molar-refractivity contribution in [1.29, 1.82) is 0 Å². The Balaban J connectivity index is 0.000000137. The number of rotatable bonds is 3. The number of hydrogen-bond acceptors (Lipinski definition) is 9. The molecule has 0 aliphatic heterocycles. The smallest absolute Gasteiger partial charge is 0.336 e. The van der Waals surface area contributed by atoms with Crippen LogP contribution in [-0.4, -0.2) is 85.4 Å². The Morgan fingerprint density at radius 1 is 0.581 bits per heavy atom. The molecule has 0 amide bonds. The number of aromatic amines is 4. The number of hydrogen-bond donors (Lipinski definition) is 8. The number of fused-ring (bicyclic) bond motifs is 6. The summed E-state index contributed by atoms with van der Waals surface area (Å²) in [4.78, 5) is 46.1. The van der Waals surface area contributed by atoms with Gasteiger partial charge in [-0.15, -0.1) is 5.10 Å². The number of carboxylic acid groups (broad SMARTS) is 1. The molecule has 74 heavy (non-hydrogen) atoms. The Morgan fingerprint density at radius 3 is 1.55 bits per heavy atom. The lowest BCUT2D eigenvalue weighted by Gasteiger charge is -2.22. The molecule has 0 bridgehead atoms. The third kappa shape index (κ3) is 10.3. The van der Waals surface area contributed by atoms with E-state index in [2.05, 4.69) is 35.3 Å². The van der Waals surface area contributed by atoms with Crippen LogP contribution in [-0.2, 0) is 38.5 Å². The van der Waals surface area contributed by atoms with E-state index in [0.29, 0.717) is 40.1 Å². The van der Waals surface area contributed by atoms with Crippen molar-refractivity contribution in [2.45, 2.75) is 104 Å². The van der Waals surface area contributed by atoms with E-state index in [0.717, 1.165) is 60.2 Å². The van der Waals surface area contributed by atoms with Gasteiger partial charge in [0.25, 0.3) is 29.6 Å². The average molecular weight is 1030 g/mol. The van der Waals surface area contributed by atoms with E-state index in [-0.39, 0.29) is 80.4 Å². The number of alkyl halides is 6. The molecule has 9 aromatic rings. The van der Waals surface area contributed by atoms with Crippen molar-refractivity contribution < 1.29 is 45.8 Å². The Kier molecular flexibility index (Phi) is 13.8. The molecule has 3 aliphatic rings. The summed E-state index contributed by atoms with van der Waals surface area (Å²) in [7, 11) is 0. The highest BCUT2D eigenvalue weighted by molar-refractivity contribution is 6.09. The first-order valence-corrected chi connectivity index (χ1v) is 23.2. The highest BCUT2D eigenvalue weighted by Gasteiger charge is 2.40. The first-order chi connectivity index (χ1) is 34.5. The van der Waals surface area contributed by atoms with Crippen LogP contribution in [0.4, 0.5) is 43.8 Å². The average Bonchev–Trinajstić information content (AvgIpc) is 4.19. The van der Waals surface area contributed by atoms with Gasteiger partial charge < -0.3 is 37.3 Å². The van der Waals surface area contributed by atoms with Gasteiger partial charge in [-0.05, 0) is 94.6 Å². The van der Waals surface area contributed by atoms with Crippen molar-refractivity contribution in [3.05, 3.63) is 140 Å². The molecule has 0 spiro atoms. The van der Waals surface area contributed by atoms with Gasteiger partial charge in [0.2, 0.25) is 0 Å². The number of aromatic carboxylic acids is 1. The highest BCUT2D eigenvalue weighted by atomic mass is 19.3. The van der Waals surface area contributed by atoms with Gasteiger partial charge in [-0.1, -0.05) is 25.6 Å². The zero-order chi connectivity index (χ0) is 52.3. The summed E-state index contributed by atoms with van der Waals surface area (Å²) >= 11 is 0. The van der Waals surface area contributed by atoms with Gasteiger partial charge in [0.15, 0.2) is 0 Å². The van der Waals surface area contributed by atoms with E-state index in [4.69, 9.17) is 22.3 Å². The van der Waals surface area contributed by atoms with Crippen molar-refractivity contribution in [3.63, 3.8) is 0 Å². The molecule has 3 aromatic carbocycles. The van der Waals surface area contributed by atoms with Crippen molar-refractivity contribution in [1.82, 2.24) is 44.7 Å². The second-order valence-corrected chi connectivity index (χ2v) is 18.7. The summed E-state index contributed by atoms with van der Waals surface area (Å²) in [6.07, 6.45) is -1.33. The SMILES string of the molecule is C.Cc1cc2c(C(=O)O)cccc2[nH]1.Cc1cc2c(C(=O)n3nc(N)c4c3CCC(F)(F)C4)cccc2[nH]1.Cc1cc2c(C(=O)n3nc4c(c3N)CC(F)(F)CC4)cccc2[nH]1.Nc1n[nH]c2c1CC(F)(F)CC2. The van der Waals surface area contributed by atoms with E-state index in [9.17, 15) is 40.7 Å². The van der Waals surface area contributed by atoms with Crippen molar-refractivity contribution in [2.75, 3.05) is 17.2 Å². The number of nitrogen functional groups attached to an aromatic ring is 3. The summed E-state index contributed by atoms with van der Waals surface area (Å²) in [5, 5.41) is 25.8. The number of aryl methyl sites for hydroxylation is 5. The van der Waals surface area contributed by atoms with E-state index in [1.807, 2.05) is 57.2 Å². The Morgan fingerprint density at radius 2 is 1.03 bits per heavy atom. The van der Waals surface area contributed by atoms with Crippen LogP contribution in [0, 0.1) is 20.8 Å². The maximum Gasteiger partial charge on any atom is 0.336 e. The predicted octanol–water partition coefficient (Wildman–Crippen LogP) is 10.1. The fourth-order valence-corrected chi connectivity index (χ4v) is 9.62. The Labute approximate surface area is 418 Å². The summed E-state index contributed by atoms with van der Waals surface area (Å²) in [6, 6.07) is 21.5. The second kappa shape index (κ2) is 19.6. The monoisotopic (exact) mass is 1020 g/mol. The fraction of sp³-hybridized carbons (Fsp3) is 0.308. The van der Waals surface area contributed by atoms with Crippen LogP contribution in [0.25, 0.3) is 32.7 Å². The number of anilines is 3. The third-order valence-electron chi connectivity index (χ3n) is 13.2. The molecule has 0 radical (unpaired) electrons. The molecule has 16 nitrogen and oxygen atoms in total. The molecular weight excluding hydrogens is 971 g/mol. The number of nitrogens with two attached hydrogens (primary N) is 3. The van der Waals surface area contributed by atoms with Crippen LogP contribution in [0.15, 0.2) is 72.8 Å². The molecule has 6 aromatic heterocycles. The van der Waals surface area contributed by atoms with Gasteiger partial charge in [-0.2, -0.15) is 19.6 Å². The minimum absolute atomic E-state index is 0. The molecule has 388 valence electrons. The van der Waals surface area contributed by atoms with Crippen LogP contribution in [0.5, 0.6) is 0 Å². The molecule has 0 atom stereocenters. The molecule has 6 heterocycles. The van der Waals surface area contributed by atoms with Crippen LogP contribution in [0.2, 0.25) is 0 Å². The maximum absolute atomic E-state index is 13.6. The number of H-pyrrole nitrogens is 4. The minimum atomic E-state index is -2.80. The number of aromatic nitrogens is 9. The second-order valence-electron chi connectivity index (χ2n) is 18.7. The largest absolute Gasteiger partial charge is 0.478 e. The normalized spacial score (nSPS) is 15.7. The quantitative estimate of drug-likeness (QED) is 0.0776. The van der Waals surface area contributed by atoms with Crippen LogP contribution in [0.3, 0.4) is 0 Å². The molecule has 0 saturated heterocycles. The number of carboxylic acids is 1. The number of nitrogens with one attached hydrogen (secondary N) is 4. The molecule has 11 N–H and O–H groups in total. The van der Waals surface area contributed by atoms with Gasteiger partial charge in [-0.3, -0.25) is 14.7 Å². The molecule has 12 rings (SSSR count). The number of halogens is 6. The first kappa shape index (κ1) is 52.0. The number of benzene rings is 3. The van der Waals surface area contributed by atoms with E-state index >= 15 is 0 Å². The van der Waals surface area contributed by atoms with Crippen molar-refractivity contribution in [2.24, 2.45) is 0 Å². The molecular formula is C52H54F6N12O4. The number of nitrogens with zero attached hydrogens (tertiary/aromatic N) is 5. The zero-order valence-electron chi connectivity index (χ0n) is 39.7. The predicted molar refractivity (Wildman–Crippen MR) is 269 cm³/mol. The van der Waals surface area contributed by atoms with Crippen LogP contribution < -0.4 is 17.2 Å². The van der Waals surface area contributed by atoms with Gasteiger partial charge >= 0.3 is 5.97 Å². The Hall–Kier alpha value is -8.30. The van der Waals surface area contributed by atoms with E-state index in [1.165, 1.54) is 4.68 Å². The lowest BCUT2D eigenvalue weighted by molar-refractivity contribution is -0.0131. The summed E-state index contributed by atoms with van der Waals surface area (Å²) < 4.78 is 82.4. The maximum atomic E-state index is 13.6. The lowest BCUT2D eigenvalue weighted by atomic mass is 9.94. The van der Waals surface area contributed by atoms with Gasteiger partial charge in [0, 0.05) is 111 Å². The zero-order valence-corrected chi connectivity index (χ0v) is 39.7. The topological polar surface area (TPSA) is 261 Å². The van der Waals surface area contributed by atoms with Crippen LogP contribution in [0.1, 0.15) is 109 Å². The fourth-order valence-electron chi connectivity index (χ4n) is 9.62. The van der Waals surface area contributed by atoms with Crippen molar-refractivity contribution >= 4 is 67.9 Å². The molecule has 0 saturated carbocycles. The molecule has 0 fully saturated rings. The van der Waals surface area contributed by atoms with Gasteiger partial charge in [-0.25, -0.2) is 31.1 Å². The first-order valence-electron chi connectivity index (χ1n) is 23.2. The lowest BCUT2D eigenvalue weighted by Crippen LogP contribution is -2.28. The number of carbonyl (C=O) groups excluding carboxylic acids is 2. The van der Waals surface area contributed by atoms with Crippen LogP contribution >= 0.6 is 0 Å². The summed E-state index contributed by atoms with van der Waals surface area (Å²) in [6.45, 7) is 5.72. The van der Waals surface area contributed by atoms with Gasteiger partial charge in [0.1, 0.15) is 17.5 Å². The molecule has 3 aliphatic carbocycles. The van der Waals surface area contributed by atoms with E-state index in [1.54, 1.807) is 36.4 Å². The third-order valence-corrected chi connectivity index (χ3v) is 13.2. The van der Waals surface area contributed by atoms with Crippen molar-refractivity contribution in [3.8, 4) is 0 Å². The highest BCUT2D eigenvalue weighted by Crippen LogP contribution is 2.38.